The first-order chi connectivity index (χ1) is 13.6. The number of carbonyl (C=O) groups excluding carboxylic acids is 2. The zero-order chi connectivity index (χ0) is 19.9. The van der Waals surface area contributed by atoms with Crippen molar-refractivity contribution in [2.75, 3.05) is 11.9 Å². The number of rotatable bonds is 6. The molecule has 0 fully saturated rings. The topological polar surface area (TPSA) is 55.4 Å². The molecule has 0 heterocycles. The Bertz CT molecular complexity index is 986. The van der Waals surface area contributed by atoms with Gasteiger partial charge in [-0.25, -0.2) is 4.39 Å². The van der Waals surface area contributed by atoms with E-state index >= 15 is 0 Å². The standard InChI is InChI=1S/C23H20FNO3/c1-2-28-22(26)14-16-7-6-10-19(13-16)25-23(27)20-15-18(11-12-21(20)24)17-8-4-3-5-9-17/h3-13,15H,2,14H2,1H3,(H,25,27). The van der Waals surface area contributed by atoms with Crippen LogP contribution in [0.5, 0.6) is 0 Å². The van der Waals surface area contributed by atoms with E-state index in [-0.39, 0.29) is 18.0 Å². The summed E-state index contributed by atoms with van der Waals surface area (Å²) < 4.78 is 19.2. The van der Waals surface area contributed by atoms with Crippen LogP contribution < -0.4 is 5.32 Å². The van der Waals surface area contributed by atoms with Crippen LogP contribution in [0.2, 0.25) is 0 Å². The molecule has 3 aromatic rings. The number of halogens is 1. The van der Waals surface area contributed by atoms with Crippen LogP contribution in [-0.2, 0) is 16.0 Å². The Kier molecular flexibility index (Phi) is 6.17. The zero-order valence-corrected chi connectivity index (χ0v) is 15.4. The number of hydrogen-bond acceptors (Lipinski definition) is 3. The Morgan fingerprint density at radius 2 is 1.71 bits per heavy atom. The number of anilines is 1. The van der Waals surface area contributed by atoms with E-state index in [1.165, 1.54) is 12.1 Å². The fraction of sp³-hybridized carbons (Fsp3) is 0.130. The van der Waals surface area contributed by atoms with Crippen molar-refractivity contribution < 1.29 is 18.7 Å². The van der Waals surface area contributed by atoms with Gasteiger partial charge in [0.25, 0.3) is 5.91 Å². The smallest absolute Gasteiger partial charge is 0.310 e. The number of esters is 1. The average molecular weight is 377 g/mol. The van der Waals surface area contributed by atoms with E-state index in [0.29, 0.717) is 17.9 Å². The monoisotopic (exact) mass is 377 g/mol. The SMILES string of the molecule is CCOC(=O)Cc1cccc(NC(=O)c2cc(-c3ccccc3)ccc2F)c1. The summed E-state index contributed by atoms with van der Waals surface area (Å²) in [6.45, 7) is 2.05. The van der Waals surface area contributed by atoms with Crippen molar-refractivity contribution in [3.8, 4) is 11.1 Å². The van der Waals surface area contributed by atoms with Crippen molar-refractivity contribution in [1.82, 2.24) is 0 Å². The zero-order valence-electron chi connectivity index (χ0n) is 15.4. The van der Waals surface area contributed by atoms with E-state index in [0.717, 1.165) is 11.1 Å². The summed E-state index contributed by atoms with van der Waals surface area (Å²) in [7, 11) is 0. The van der Waals surface area contributed by atoms with Crippen LogP contribution in [0.1, 0.15) is 22.8 Å². The summed E-state index contributed by atoms with van der Waals surface area (Å²) in [6.07, 6.45) is 0.107. The minimum Gasteiger partial charge on any atom is -0.466 e. The molecule has 4 nitrogen and oxygen atoms in total. The maximum atomic E-state index is 14.3. The lowest BCUT2D eigenvalue weighted by atomic mass is 10.0. The third-order valence-corrected chi connectivity index (χ3v) is 4.16. The van der Waals surface area contributed by atoms with Crippen LogP contribution in [0.15, 0.2) is 72.8 Å². The van der Waals surface area contributed by atoms with Crippen molar-refractivity contribution in [3.63, 3.8) is 0 Å². The van der Waals surface area contributed by atoms with Gasteiger partial charge in [0, 0.05) is 5.69 Å². The van der Waals surface area contributed by atoms with Gasteiger partial charge in [-0.2, -0.15) is 0 Å². The molecule has 28 heavy (non-hydrogen) atoms. The number of benzene rings is 3. The van der Waals surface area contributed by atoms with Gasteiger partial charge in [0.1, 0.15) is 5.82 Å². The van der Waals surface area contributed by atoms with Crippen molar-refractivity contribution >= 4 is 17.6 Å². The Labute approximate surface area is 163 Å². The van der Waals surface area contributed by atoms with Gasteiger partial charge in [-0.3, -0.25) is 9.59 Å². The Hall–Kier alpha value is -3.47. The van der Waals surface area contributed by atoms with E-state index in [2.05, 4.69) is 5.32 Å². The number of hydrogen-bond donors (Lipinski definition) is 1. The van der Waals surface area contributed by atoms with Gasteiger partial charge in [-0.05, 0) is 47.9 Å². The molecule has 0 radical (unpaired) electrons. The lowest BCUT2D eigenvalue weighted by Crippen LogP contribution is -2.14. The quantitative estimate of drug-likeness (QED) is 0.625. The Morgan fingerprint density at radius 3 is 2.46 bits per heavy atom. The molecule has 0 aliphatic carbocycles. The molecule has 0 aliphatic heterocycles. The molecule has 3 aromatic carbocycles. The molecule has 1 N–H and O–H groups in total. The maximum Gasteiger partial charge on any atom is 0.310 e. The second kappa shape index (κ2) is 8.95. The highest BCUT2D eigenvalue weighted by atomic mass is 19.1. The molecule has 0 aromatic heterocycles. The van der Waals surface area contributed by atoms with Crippen LogP contribution in [0, 0.1) is 5.82 Å². The molecule has 3 rings (SSSR count). The van der Waals surface area contributed by atoms with E-state index < -0.39 is 11.7 Å². The van der Waals surface area contributed by atoms with Crippen LogP contribution >= 0.6 is 0 Å². The van der Waals surface area contributed by atoms with Crippen molar-refractivity contribution in [3.05, 3.63) is 89.7 Å². The molecule has 0 unspecified atom stereocenters. The average Bonchev–Trinajstić information content (AvgIpc) is 2.69. The Morgan fingerprint density at radius 1 is 0.929 bits per heavy atom. The van der Waals surface area contributed by atoms with Crippen LogP contribution in [0.25, 0.3) is 11.1 Å². The molecule has 5 heteroatoms. The maximum absolute atomic E-state index is 14.3. The summed E-state index contributed by atoms with van der Waals surface area (Å²) in [4.78, 5) is 24.2. The predicted octanol–water partition coefficient (Wildman–Crippen LogP) is 4.85. The molecule has 1 amide bonds. The van der Waals surface area contributed by atoms with Gasteiger partial charge in [-0.15, -0.1) is 0 Å². The first-order valence-corrected chi connectivity index (χ1v) is 8.97. The molecule has 0 atom stereocenters. The molecule has 0 spiro atoms. The molecule has 0 saturated heterocycles. The normalized spacial score (nSPS) is 10.4. The van der Waals surface area contributed by atoms with Gasteiger partial charge in [-0.1, -0.05) is 48.5 Å². The highest BCUT2D eigenvalue weighted by Crippen LogP contribution is 2.23. The summed E-state index contributed by atoms with van der Waals surface area (Å²) >= 11 is 0. The summed E-state index contributed by atoms with van der Waals surface area (Å²) in [5.74, 6) is -1.49. The minimum absolute atomic E-state index is 0.0443. The van der Waals surface area contributed by atoms with Crippen molar-refractivity contribution in [2.24, 2.45) is 0 Å². The molecular formula is C23H20FNO3. The van der Waals surface area contributed by atoms with Crippen LogP contribution in [0.3, 0.4) is 0 Å². The number of carbonyl (C=O) groups is 2. The van der Waals surface area contributed by atoms with Gasteiger partial charge >= 0.3 is 5.97 Å². The van der Waals surface area contributed by atoms with Crippen LogP contribution in [0.4, 0.5) is 10.1 Å². The van der Waals surface area contributed by atoms with Gasteiger partial charge in [0.05, 0.1) is 18.6 Å². The third-order valence-electron chi connectivity index (χ3n) is 4.16. The molecular weight excluding hydrogens is 357 g/mol. The van der Waals surface area contributed by atoms with Crippen LogP contribution in [-0.4, -0.2) is 18.5 Å². The molecule has 0 aliphatic rings. The fourth-order valence-corrected chi connectivity index (χ4v) is 2.85. The van der Waals surface area contributed by atoms with Gasteiger partial charge in [0.2, 0.25) is 0 Å². The third kappa shape index (κ3) is 4.82. The first kappa shape index (κ1) is 19.3. The van der Waals surface area contributed by atoms with Crippen molar-refractivity contribution in [1.29, 1.82) is 0 Å². The highest BCUT2D eigenvalue weighted by Gasteiger charge is 2.14. The van der Waals surface area contributed by atoms with Gasteiger partial charge < -0.3 is 10.1 Å². The lowest BCUT2D eigenvalue weighted by Gasteiger charge is -2.10. The van der Waals surface area contributed by atoms with E-state index in [4.69, 9.17) is 4.74 Å². The second-order valence-corrected chi connectivity index (χ2v) is 6.20. The lowest BCUT2D eigenvalue weighted by molar-refractivity contribution is -0.142. The molecule has 0 saturated carbocycles. The number of ether oxygens (including phenoxy) is 1. The molecule has 0 bridgehead atoms. The van der Waals surface area contributed by atoms with Gasteiger partial charge in [0.15, 0.2) is 0 Å². The summed E-state index contributed by atoms with van der Waals surface area (Å²) in [5.41, 5.74) is 2.79. The molecule has 142 valence electrons. The van der Waals surface area contributed by atoms with Crippen molar-refractivity contribution in [2.45, 2.75) is 13.3 Å². The first-order valence-electron chi connectivity index (χ1n) is 8.97. The fourth-order valence-electron chi connectivity index (χ4n) is 2.85. The summed E-state index contributed by atoms with van der Waals surface area (Å²) in [6, 6.07) is 20.8. The van der Waals surface area contributed by atoms with E-state index in [9.17, 15) is 14.0 Å². The highest BCUT2D eigenvalue weighted by molar-refractivity contribution is 6.05. The predicted molar refractivity (Wildman–Crippen MR) is 107 cm³/mol. The number of amides is 1. The largest absolute Gasteiger partial charge is 0.466 e. The minimum atomic E-state index is -0.597. The van der Waals surface area contributed by atoms with E-state index in [1.807, 2.05) is 30.3 Å². The summed E-state index contributed by atoms with van der Waals surface area (Å²) in [5, 5.41) is 2.69. The Balaban J connectivity index is 1.79. The second-order valence-electron chi connectivity index (χ2n) is 6.20. The van der Waals surface area contributed by atoms with E-state index in [1.54, 1.807) is 37.3 Å². The number of nitrogens with one attached hydrogen (secondary N) is 1.